The molecule has 0 saturated heterocycles. The average molecular weight is 268 g/mol. The van der Waals surface area contributed by atoms with Gasteiger partial charge >= 0.3 is 0 Å². The first-order valence-corrected chi connectivity index (χ1v) is 7.14. The predicted molar refractivity (Wildman–Crippen MR) is 76.6 cm³/mol. The lowest BCUT2D eigenvalue weighted by Crippen LogP contribution is -2.32. The summed E-state index contributed by atoms with van der Waals surface area (Å²) >= 11 is 6.31. The number of halogens is 1. The van der Waals surface area contributed by atoms with Crippen molar-refractivity contribution in [1.82, 2.24) is 0 Å². The van der Waals surface area contributed by atoms with Crippen molar-refractivity contribution in [2.24, 2.45) is 5.73 Å². The largest absolute Gasteiger partial charge is 0.492 e. The van der Waals surface area contributed by atoms with Gasteiger partial charge in [0.1, 0.15) is 5.75 Å². The highest BCUT2D eigenvalue weighted by atomic mass is 35.5. The Labute approximate surface area is 114 Å². The molecule has 18 heavy (non-hydrogen) atoms. The van der Waals surface area contributed by atoms with Crippen molar-refractivity contribution in [2.45, 2.75) is 44.9 Å². The molecule has 0 unspecified atom stereocenters. The normalized spacial score (nSPS) is 18.0. The van der Waals surface area contributed by atoms with Crippen molar-refractivity contribution < 1.29 is 4.74 Å². The maximum atomic E-state index is 6.31. The molecule has 0 atom stereocenters. The van der Waals surface area contributed by atoms with Gasteiger partial charge in [0, 0.05) is 12.0 Å². The van der Waals surface area contributed by atoms with Crippen LogP contribution in [0, 0.1) is 6.92 Å². The van der Waals surface area contributed by atoms with Crippen molar-refractivity contribution in [2.75, 3.05) is 13.2 Å². The van der Waals surface area contributed by atoms with Crippen LogP contribution in [-0.4, -0.2) is 13.2 Å². The third kappa shape index (κ3) is 2.36. The lowest BCUT2D eigenvalue weighted by Gasteiger charge is -2.30. The number of rotatable bonds is 4. The zero-order valence-electron chi connectivity index (χ0n) is 11.3. The van der Waals surface area contributed by atoms with Gasteiger partial charge in [0.2, 0.25) is 0 Å². The van der Waals surface area contributed by atoms with Crippen LogP contribution in [0.25, 0.3) is 0 Å². The van der Waals surface area contributed by atoms with Gasteiger partial charge < -0.3 is 10.5 Å². The molecule has 1 aromatic carbocycles. The van der Waals surface area contributed by atoms with Crippen molar-refractivity contribution in [1.29, 1.82) is 0 Å². The fourth-order valence-corrected chi connectivity index (χ4v) is 3.35. The summed E-state index contributed by atoms with van der Waals surface area (Å²) in [6.07, 6.45) is 4.88. The van der Waals surface area contributed by atoms with Gasteiger partial charge in [-0.2, -0.15) is 0 Å². The Hall–Kier alpha value is -0.730. The van der Waals surface area contributed by atoms with Gasteiger partial charge in [0.25, 0.3) is 0 Å². The van der Waals surface area contributed by atoms with Crippen LogP contribution in [0.3, 0.4) is 0 Å². The highest BCUT2D eigenvalue weighted by Crippen LogP contribution is 2.43. The highest BCUT2D eigenvalue weighted by molar-refractivity contribution is 6.32. The molecular formula is C15H22ClNO. The SMILES string of the molecule is CCOc1cc(C)c(C2(CN)CCCC2)cc1Cl. The van der Waals surface area contributed by atoms with Crippen molar-refractivity contribution in [3.05, 3.63) is 28.3 Å². The Morgan fingerprint density at radius 2 is 2.00 bits per heavy atom. The molecule has 0 aliphatic heterocycles. The van der Waals surface area contributed by atoms with E-state index in [4.69, 9.17) is 22.1 Å². The van der Waals surface area contributed by atoms with E-state index < -0.39 is 0 Å². The molecule has 0 spiro atoms. The third-order valence-corrected chi connectivity index (χ3v) is 4.40. The number of aryl methyl sites for hydroxylation is 1. The number of hydrogen-bond acceptors (Lipinski definition) is 2. The molecule has 0 aromatic heterocycles. The molecule has 1 aromatic rings. The zero-order valence-corrected chi connectivity index (χ0v) is 12.0. The molecule has 1 aliphatic carbocycles. The quantitative estimate of drug-likeness (QED) is 0.900. The van der Waals surface area contributed by atoms with Crippen LogP contribution in [-0.2, 0) is 5.41 Å². The van der Waals surface area contributed by atoms with Gasteiger partial charge in [-0.3, -0.25) is 0 Å². The summed E-state index contributed by atoms with van der Waals surface area (Å²) in [4.78, 5) is 0. The van der Waals surface area contributed by atoms with E-state index in [9.17, 15) is 0 Å². The lowest BCUT2D eigenvalue weighted by atomic mass is 9.77. The van der Waals surface area contributed by atoms with Crippen LogP contribution in [0.2, 0.25) is 5.02 Å². The van der Waals surface area contributed by atoms with Crippen LogP contribution >= 0.6 is 11.6 Å². The summed E-state index contributed by atoms with van der Waals surface area (Å²) < 4.78 is 5.54. The fourth-order valence-electron chi connectivity index (χ4n) is 3.13. The second-order valence-corrected chi connectivity index (χ2v) is 5.63. The number of nitrogens with two attached hydrogens (primary N) is 1. The molecule has 2 N–H and O–H groups in total. The Bertz CT molecular complexity index is 425. The molecule has 0 amide bonds. The topological polar surface area (TPSA) is 35.2 Å². The van der Waals surface area contributed by atoms with Gasteiger partial charge in [-0.05, 0) is 49.9 Å². The van der Waals surface area contributed by atoms with Gasteiger partial charge in [0.15, 0.2) is 0 Å². The monoisotopic (exact) mass is 267 g/mol. The molecule has 1 aliphatic rings. The molecular weight excluding hydrogens is 246 g/mol. The summed E-state index contributed by atoms with van der Waals surface area (Å²) in [6, 6.07) is 4.12. The van der Waals surface area contributed by atoms with E-state index in [1.54, 1.807) is 0 Å². The minimum absolute atomic E-state index is 0.137. The summed E-state index contributed by atoms with van der Waals surface area (Å²) in [6.45, 7) is 5.44. The highest BCUT2D eigenvalue weighted by Gasteiger charge is 2.35. The summed E-state index contributed by atoms with van der Waals surface area (Å²) in [5.41, 5.74) is 8.74. The molecule has 100 valence electrons. The molecule has 1 saturated carbocycles. The standard InChI is InChI=1S/C15H22ClNO/c1-3-18-14-8-11(2)12(9-13(14)16)15(10-17)6-4-5-7-15/h8-9H,3-7,10,17H2,1-2H3. The molecule has 2 nitrogen and oxygen atoms in total. The average Bonchev–Trinajstić information content (AvgIpc) is 2.83. The second kappa shape index (κ2) is 5.50. The van der Waals surface area contributed by atoms with Gasteiger partial charge in [0.05, 0.1) is 11.6 Å². The van der Waals surface area contributed by atoms with Gasteiger partial charge in [-0.25, -0.2) is 0 Å². The summed E-state index contributed by atoms with van der Waals surface area (Å²) in [5.74, 6) is 0.783. The Morgan fingerprint density at radius 1 is 1.33 bits per heavy atom. The second-order valence-electron chi connectivity index (χ2n) is 5.22. The van der Waals surface area contributed by atoms with Crippen LogP contribution in [0.1, 0.15) is 43.7 Å². The van der Waals surface area contributed by atoms with E-state index in [0.717, 1.165) is 5.75 Å². The van der Waals surface area contributed by atoms with Gasteiger partial charge in [-0.15, -0.1) is 0 Å². The summed E-state index contributed by atoms with van der Waals surface area (Å²) in [7, 11) is 0. The van der Waals surface area contributed by atoms with Crippen LogP contribution < -0.4 is 10.5 Å². The molecule has 0 bridgehead atoms. The first kappa shape index (κ1) is 13.7. The van der Waals surface area contributed by atoms with Crippen molar-refractivity contribution >= 4 is 11.6 Å². The predicted octanol–water partition coefficient (Wildman–Crippen LogP) is 3.82. The fraction of sp³-hybridized carbons (Fsp3) is 0.600. The van der Waals surface area contributed by atoms with E-state index in [0.29, 0.717) is 18.2 Å². The molecule has 1 fully saturated rings. The smallest absolute Gasteiger partial charge is 0.138 e. The van der Waals surface area contributed by atoms with Crippen molar-refractivity contribution in [3.8, 4) is 5.75 Å². The molecule has 0 heterocycles. The van der Waals surface area contributed by atoms with Gasteiger partial charge in [-0.1, -0.05) is 24.4 Å². The molecule has 0 radical (unpaired) electrons. The number of ether oxygens (including phenoxy) is 1. The molecule has 2 rings (SSSR count). The lowest BCUT2D eigenvalue weighted by molar-refractivity contribution is 0.339. The van der Waals surface area contributed by atoms with E-state index in [2.05, 4.69) is 19.1 Å². The summed E-state index contributed by atoms with van der Waals surface area (Å²) in [5, 5.41) is 0.706. The van der Waals surface area contributed by atoms with E-state index in [1.165, 1.54) is 36.8 Å². The minimum atomic E-state index is 0.137. The third-order valence-electron chi connectivity index (χ3n) is 4.10. The first-order chi connectivity index (χ1) is 8.63. The maximum Gasteiger partial charge on any atom is 0.138 e. The van der Waals surface area contributed by atoms with E-state index in [1.807, 2.05) is 6.92 Å². The number of hydrogen-bond donors (Lipinski definition) is 1. The zero-order chi connectivity index (χ0) is 13.2. The Kier molecular flexibility index (Phi) is 4.18. The van der Waals surface area contributed by atoms with E-state index in [-0.39, 0.29) is 5.41 Å². The Morgan fingerprint density at radius 3 is 2.56 bits per heavy atom. The van der Waals surface area contributed by atoms with Crippen LogP contribution in [0.4, 0.5) is 0 Å². The van der Waals surface area contributed by atoms with E-state index >= 15 is 0 Å². The van der Waals surface area contributed by atoms with Crippen molar-refractivity contribution in [3.63, 3.8) is 0 Å². The number of benzene rings is 1. The molecule has 3 heteroatoms. The minimum Gasteiger partial charge on any atom is -0.492 e. The Balaban J connectivity index is 2.42. The van der Waals surface area contributed by atoms with Crippen LogP contribution in [0.5, 0.6) is 5.75 Å². The van der Waals surface area contributed by atoms with Crippen LogP contribution in [0.15, 0.2) is 12.1 Å². The maximum absolute atomic E-state index is 6.31. The first-order valence-electron chi connectivity index (χ1n) is 6.76.